The first kappa shape index (κ1) is 14.2. The lowest BCUT2D eigenvalue weighted by molar-refractivity contribution is -0.159. The topological polar surface area (TPSA) is 108 Å². The molecule has 10 heteroatoms. The van der Waals surface area contributed by atoms with Crippen LogP contribution in [0.5, 0.6) is 0 Å². The summed E-state index contributed by atoms with van der Waals surface area (Å²) in [6.45, 7) is 1.54. The number of rotatable bonds is 4. The average molecular weight is 269 g/mol. The van der Waals surface area contributed by atoms with E-state index in [1.165, 1.54) is 6.92 Å². The standard InChI is InChI=1S/C8H10F3N3O4/c1-2-3(12-7(16)17)4(15)5-13-6(18-14-5)8(9,10)11/h3-4,12,15H,2H2,1H3,(H,16,17)/t3-,4?/m0/s1. The summed E-state index contributed by atoms with van der Waals surface area (Å²) in [7, 11) is 0. The molecule has 3 N–H and O–H groups in total. The molecule has 1 rings (SSSR count). The van der Waals surface area contributed by atoms with Crippen LogP contribution in [-0.2, 0) is 6.18 Å². The third-order valence-corrected chi connectivity index (χ3v) is 2.08. The highest BCUT2D eigenvalue weighted by Gasteiger charge is 2.39. The number of aromatic nitrogens is 2. The Morgan fingerprint density at radius 2 is 2.17 bits per heavy atom. The van der Waals surface area contributed by atoms with Crippen molar-refractivity contribution in [2.45, 2.75) is 31.7 Å². The lowest BCUT2D eigenvalue weighted by Crippen LogP contribution is -2.38. The van der Waals surface area contributed by atoms with Crippen LogP contribution in [0.2, 0.25) is 0 Å². The van der Waals surface area contributed by atoms with Crippen LogP contribution in [0.25, 0.3) is 0 Å². The first-order valence-corrected chi connectivity index (χ1v) is 4.84. The van der Waals surface area contributed by atoms with E-state index in [9.17, 15) is 23.1 Å². The third-order valence-electron chi connectivity index (χ3n) is 2.08. The smallest absolute Gasteiger partial charge is 0.465 e. The molecule has 7 nitrogen and oxygen atoms in total. The molecule has 0 aromatic carbocycles. The van der Waals surface area contributed by atoms with Gasteiger partial charge in [-0.2, -0.15) is 18.2 Å². The summed E-state index contributed by atoms with van der Waals surface area (Å²) in [6, 6.07) is -1.03. The van der Waals surface area contributed by atoms with Gasteiger partial charge in [-0.15, -0.1) is 0 Å². The number of halogens is 3. The van der Waals surface area contributed by atoms with E-state index in [4.69, 9.17) is 5.11 Å². The number of aliphatic hydroxyl groups excluding tert-OH is 1. The Balaban J connectivity index is 2.85. The van der Waals surface area contributed by atoms with Crippen LogP contribution >= 0.6 is 0 Å². The summed E-state index contributed by atoms with van der Waals surface area (Å²) in [5, 5.41) is 23.0. The largest absolute Gasteiger partial charge is 0.471 e. The van der Waals surface area contributed by atoms with Gasteiger partial charge in [0, 0.05) is 0 Å². The van der Waals surface area contributed by atoms with E-state index in [0.29, 0.717) is 0 Å². The minimum Gasteiger partial charge on any atom is -0.465 e. The van der Waals surface area contributed by atoms with Crippen molar-refractivity contribution in [3.8, 4) is 0 Å². The normalized spacial score (nSPS) is 15.2. The highest BCUT2D eigenvalue weighted by molar-refractivity contribution is 5.64. The molecule has 0 aliphatic rings. The zero-order valence-electron chi connectivity index (χ0n) is 9.10. The summed E-state index contributed by atoms with van der Waals surface area (Å²) < 4.78 is 40.4. The minimum absolute atomic E-state index is 0.142. The van der Waals surface area contributed by atoms with Gasteiger partial charge < -0.3 is 20.1 Å². The van der Waals surface area contributed by atoms with Crippen molar-refractivity contribution < 1.29 is 32.7 Å². The van der Waals surface area contributed by atoms with Crippen LogP contribution in [0.1, 0.15) is 31.2 Å². The lowest BCUT2D eigenvalue weighted by Gasteiger charge is -2.18. The van der Waals surface area contributed by atoms with Crippen molar-refractivity contribution in [1.29, 1.82) is 0 Å². The predicted molar refractivity (Wildman–Crippen MR) is 49.5 cm³/mol. The summed E-state index contributed by atoms with van der Waals surface area (Å²) in [6.07, 6.45) is -7.71. The Morgan fingerprint density at radius 1 is 1.56 bits per heavy atom. The summed E-state index contributed by atoms with van der Waals surface area (Å²) in [4.78, 5) is 13.4. The number of nitrogens with one attached hydrogen (secondary N) is 1. The Labute approximate surface area is 98.6 Å². The van der Waals surface area contributed by atoms with Gasteiger partial charge in [-0.3, -0.25) is 0 Å². The zero-order chi connectivity index (χ0) is 13.9. The number of nitrogens with zero attached hydrogens (tertiary/aromatic N) is 2. The quantitative estimate of drug-likeness (QED) is 0.757. The van der Waals surface area contributed by atoms with Crippen LogP contribution in [0.15, 0.2) is 4.52 Å². The lowest BCUT2D eigenvalue weighted by atomic mass is 10.1. The Hall–Kier alpha value is -1.84. The summed E-state index contributed by atoms with van der Waals surface area (Å²) in [5.41, 5.74) is 0. The molecule has 0 radical (unpaired) electrons. The summed E-state index contributed by atoms with van der Waals surface area (Å²) >= 11 is 0. The molecular weight excluding hydrogens is 259 g/mol. The van der Waals surface area contributed by atoms with Gasteiger partial charge in [0.2, 0.25) is 5.82 Å². The monoisotopic (exact) mass is 269 g/mol. The Morgan fingerprint density at radius 3 is 2.56 bits per heavy atom. The molecule has 0 bridgehead atoms. The van der Waals surface area contributed by atoms with Crippen molar-refractivity contribution in [3.05, 3.63) is 11.7 Å². The van der Waals surface area contributed by atoms with E-state index in [1.807, 2.05) is 5.32 Å². The number of alkyl halides is 3. The average Bonchev–Trinajstić information content (AvgIpc) is 2.73. The van der Waals surface area contributed by atoms with Gasteiger partial charge >= 0.3 is 18.2 Å². The molecule has 1 aromatic rings. The molecule has 1 heterocycles. The van der Waals surface area contributed by atoms with Crippen LogP contribution in [0.3, 0.4) is 0 Å². The van der Waals surface area contributed by atoms with Gasteiger partial charge in [-0.05, 0) is 6.42 Å². The van der Waals surface area contributed by atoms with Crippen molar-refractivity contribution in [2.24, 2.45) is 0 Å². The molecule has 1 amide bonds. The van der Waals surface area contributed by atoms with Crippen LogP contribution in [-0.4, -0.2) is 32.5 Å². The molecular formula is C8H10F3N3O4. The highest BCUT2D eigenvalue weighted by atomic mass is 19.4. The number of hydrogen-bond acceptors (Lipinski definition) is 5. The molecule has 0 spiro atoms. The third kappa shape index (κ3) is 3.32. The Bertz CT molecular complexity index is 420. The maximum absolute atomic E-state index is 12.2. The van der Waals surface area contributed by atoms with Gasteiger partial charge in [0.1, 0.15) is 6.10 Å². The molecule has 2 atom stereocenters. The first-order chi connectivity index (χ1) is 8.25. The van der Waals surface area contributed by atoms with E-state index in [-0.39, 0.29) is 6.42 Å². The van der Waals surface area contributed by atoms with E-state index in [2.05, 4.69) is 14.7 Å². The van der Waals surface area contributed by atoms with Crippen LogP contribution < -0.4 is 5.32 Å². The fourth-order valence-electron chi connectivity index (χ4n) is 1.21. The maximum Gasteiger partial charge on any atom is 0.471 e. The molecule has 18 heavy (non-hydrogen) atoms. The van der Waals surface area contributed by atoms with E-state index < -0.39 is 36.1 Å². The van der Waals surface area contributed by atoms with Crippen molar-refractivity contribution in [1.82, 2.24) is 15.5 Å². The fraction of sp³-hybridized carbons (Fsp3) is 0.625. The molecule has 102 valence electrons. The molecule has 0 saturated carbocycles. The van der Waals surface area contributed by atoms with Gasteiger partial charge in [0.05, 0.1) is 6.04 Å². The Kier molecular flexibility index (Phi) is 4.11. The van der Waals surface area contributed by atoms with Crippen molar-refractivity contribution in [2.75, 3.05) is 0 Å². The SMILES string of the molecule is CC[C@H](NC(=O)O)C(O)c1noc(C(F)(F)F)n1. The first-order valence-electron chi connectivity index (χ1n) is 4.84. The van der Waals surface area contributed by atoms with Crippen molar-refractivity contribution >= 4 is 6.09 Å². The number of carboxylic acid groups (broad SMARTS) is 1. The maximum atomic E-state index is 12.2. The number of hydrogen-bond donors (Lipinski definition) is 3. The molecule has 0 saturated heterocycles. The predicted octanol–water partition coefficient (Wildman–Crippen LogP) is 1.17. The van der Waals surface area contributed by atoms with E-state index in [1.54, 1.807) is 0 Å². The summed E-state index contributed by atoms with van der Waals surface area (Å²) in [5.74, 6) is -2.22. The van der Waals surface area contributed by atoms with Gasteiger partial charge in [-0.25, -0.2) is 4.79 Å². The number of aliphatic hydroxyl groups is 1. The second kappa shape index (κ2) is 5.21. The van der Waals surface area contributed by atoms with Gasteiger partial charge in [-0.1, -0.05) is 12.1 Å². The molecule has 0 fully saturated rings. The van der Waals surface area contributed by atoms with Crippen molar-refractivity contribution in [3.63, 3.8) is 0 Å². The van der Waals surface area contributed by atoms with Gasteiger partial charge in [0.15, 0.2) is 0 Å². The number of amides is 1. The fourth-order valence-corrected chi connectivity index (χ4v) is 1.21. The molecule has 0 aliphatic carbocycles. The molecule has 1 aromatic heterocycles. The highest BCUT2D eigenvalue weighted by Crippen LogP contribution is 2.28. The zero-order valence-corrected chi connectivity index (χ0v) is 9.10. The number of carbonyl (C=O) groups is 1. The second-order valence-electron chi connectivity index (χ2n) is 3.36. The van der Waals surface area contributed by atoms with Gasteiger partial charge in [0.25, 0.3) is 0 Å². The van der Waals surface area contributed by atoms with E-state index in [0.717, 1.165) is 0 Å². The minimum atomic E-state index is -4.81. The molecule has 1 unspecified atom stereocenters. The molecule has 0 aliphatic heterocycles. The second-order valence-corrected chi connectivity index (χ2v) is 3.36. The van der Waals surface area contributed by atoms with E-state index >= 15 is 0 Å². The van der Waals surface area contributed by atoms with Crippen LogP contribution in [0.4, 0.5) is 18.0 Å². The van der Waals surface area contributed by atoms with Crippen LogP contribution in [0, 0.1) is 0 Å².